The normalized spacial score (nSPS) is 18.5. The quantitative estimate of drug-likeness (QED) is 0.275. The molecule has 40 heavy (non-hydrogen) atoms. The van der Waals surface area contributed by atoms with E-state index in [2.05, 4.69) is 19.9 Å². The van der Waals surface area contributed by atoms with Gasteiger partial charge in [-0.2, -0.15) is 9.97 Å². The largest absolute Gasteiger partial charge is 0.508 e. The highest BCUT2D eigenvalue weighted by Gasteiger charge is 2.34. The molecule has 1 aliphatic carbocycles. The second-order valence-corrected chi connectivity index (χ2v) is 11.0. The third kappa shape index (κ3) is 4.57. The fraction of sp³-hybridized carbons (Fsp3) is 0.312. The molecule has 4 heterocycles. The van der Waals surface area contributed by atoms with Gasteiger partial charge in [0.25, 0.3) is 0 Å². The maximum Gasteiger partial charge on any atom is 0.319 e. The fourth-order valence-electron chi connectivity index (χ4n) is 6.37. The van der Waals surface area contributed by atoms with Crippen molar-refractivity contribution in [3.8, 4) is 23.0 Å². The summed E-state index contributed by atoms with van der Waals surface area (Å²) in [7, 11) is 0. The van der Waals surface area contributed by atoms with Crippen molar-refractivity contribution in [3.63, 3.8) is 0 Å². The van der Waals surface area contributed by atoms with Crippen molar-refractivity contribution in [2.45, 2.75) is 32.6 Å². The topological polar surface area (TPSA) is 84.3 Å². The van der Waals surface area contributed by atoms with Crippen molar-refractivity contribution in [1.29, 1.82) is 0 Å². The van der Waals surface area contributed by atoms with E-state index in [0.29, 0.717) is 41.6 Å². The molecule has 1 N–H and O–H groups in total. The van der Waals surface area contributed by atoms with Crippen molar-refractivity contribution in [3.05, 3.63) is 78.0 Å². The van der Waals surface area contributed by atoms with Crippen LogP contribution in [0.1, 0.15) is 30.7 Å². The van der Waals surface area contributed by atoms with Crippen LogP contribution in [0.25, 0.3) is 32.9 Å². The molecule has 2 aliphatic rings. The van der Waals surface area contributed by atoms with Crippen LogP contribution in [0.4, 0.5) is 10.2 Å². The Labute approximate surface area is 231 Å². The first-order valence-corrected chi connectivity index (χ1v) is 13.9. The number of benzene rings is 2. The lowest BCUT2D eigenvalue weighted by atomic mass is 9.98. The van der Waals surface area contributed by atoms with Crippen molar-refractivity contribution in [1.82, 2.24) is 19.9 Å². The minimum atomic E-state index is -0.554. The van der Waals surface area contributed by atoms with Crippen LogP contribution in [0.5, 0.6) is 11.8 Å². The summed E-state index contributed by atoms with van der Waals surface area (Å²) in [6.45, 7) is 4.05. The Morgan fingerprint density at radius 1 is 0.975 bits per heavy atom. The number of hydrogen-bond acceptors (Lipinski definition) is 7. The Kier molecular flexibility index (Phi) is 6.18. The lowest BCUT2D eigenvalue weighted by Crippen LogP contribution is -2.37. The van der Waals surface area contributed by atoms with Gasteiger partial charge in [-0.05, 0) is 73.1 Å². The first kappa shape index (κ1) is 24.7. The third-order valence-electron chi connectivity index (χ3n) is 8.19. The molecule has 0 spiro atoms. The zero-order valence-corrected chi connectivity index (χ0v) is 22.3. The molecule has 1 saturated heterocycles. The van der Waals surface area contributed by atoms with E-state index in [4.69, 9.17) is 9.72 Å². The molecule has 0 radical (unpaired) electrons. The van der Waals surface area contributed by atoms with Crippen LogP contribution in [0.15, 0.2) is 60.8 Å². The molecule has 2 unspecified atom stereocenters. The molecular formula is C32H30FN5O2. The van der Waals surface area contributed by atoms with Crippen LogP contribution < -0.4 is 9.64 Å². The van der Waals surface area contributed by atoms with Crippen LogP contribution in [-0.4, -0.2) is 44.7 Å². The predicted molar refractivity (Wildman–Crippen MR) is 153 cm³/mol. The second kappa shape index (κ2) is 10.0. The number of ether oxygens (including phenoxy) is 1. The Hall–Kier alpha value is -4.33. The van der Waals surface area contributed by atoms with Crippen molar-refractivity contribution in [2.24, 2.45) is 11.8 Å². The molecule has 5 aromatic rings. The molecule has 2 bridgehead atoms. The monoisotopic (exact) mass is 535 g/mol. The summed E-state index contributed by atoms with van der Waals surface area (Å²) in [5.41, 5.74) is 2.69. The highest BCUT2D eigenvalue weighted by atomic mass is 19.1. The number of aromatic hydroxyl groups is 1. The molecule has 1 saturated carbocycles. The number of halogens is 1. The molecule has 202 valence electrons. The van der Waals surface area contributed by atoms with Crippen LogP contribution in [0.2, 0.25) is 0 Å². The fourth-order valence-corrected chi connectivity index (χ4v) is 6.37. The maximum atomic E-state index is 16.4. The van der Waals surface area contributed by atoms with Crippen molar-refractivity contribution in [2.75, 3.05) is 24.6 Å². The molecule has 8 heteroatoms. The van der Waals surface area contributed by atoms with Crippen LogP contribution >= 0.6 is 0 Å². The van der Waals surface area contributed by atoms with Gasteiger partial charge in [-0.3, -0.25) is 9.97 Å². The first-order valence-electron chi connectivity index (χ1n) is 13.9. The Balaban J connectivity index is 1.32. The summed E-state index contributed by atoms with van der Waals surface area (Å²) in [6, 6.07) is 16.8. The minimum Gasteiger partial charge on any atom is -0.508 e. The number of piperidine rings is 1. The number of phenolic OH excluding ortho intramolecular Hbond substituents is 1. The van der Waals surface area contributed by atoms with E-state index >= 15 is 4.39 Å². The zero-order valence-electron chi connectivity index (χ0n) is 22.3. The highest BCUT2D eigenvalue weighted by Crippen LogP contribution is 2.41. The Morgan fingerprint density at radius 3 is 2.62 bits per heavy atom. The average Bonchev–Trinajstić information content (AvgIpc) is 3.30. The molecule has 7 nitrogen and oxygen atoms in total. The molecule has 2 aromatic carbocycles. The van der Waals surface area contributed by atoms with E-state index in [-0.39, 0.29) is 23.0 Å². The number of anilines is 1. The molecule has 2 fully saturated rings. The standard InChI is InChI=1S/C32H30FN5O2/c1-19-5-4-7-23(35-19)11-12-40-32-36-30-27(31(37-32)38-17-20-9-10-21(13-20)18-38)16-34-29(28(30)33)26-15-24(39)14-22-6-2-3-8-25(22)26/h2-8,14-16,20-21,39H,9-13,17-18H2,1H3. The van der Waals surface area contributed by atoms with Gasteiger partial charge in [-0.1, -0.05) is 30.3 Å². The summed E-state index contributed by atoms with van der Waals surface area (Å²) in [5, 5.41) is 12.6. The lowest BCUT2D eigenvalue weighted by Gasteiger charge is -2.33. The Morgan fingerprint density at radius 2 is 1.80 bits per heavy atom. The van der Waals surface area contributed by atoms with Gasteiger partial charge in [-0.25, -0.2) is 4.39 Å². The smallest absolute Gasteiger partial charge is 0.319 e. The number of rotatable bonds is 6. The zero-order chi connectivity index (χ0) is 27.2. The van der Waals surface area contributed by atoms with Gasteiger partial charge in [0.1, 0.15) is 22.8 Å². The van der Waals surface area contributed by atoms with Gasteiger partial charge in [0.2, 0.25) is 0 Å². The average molecular weight is 536 g/mol. The van der Waals surface area contributed by atoms with Crippen molar-refractivity contribution < 1.29 is 14.2 Å². The summed E-state index contributed by atoms with van der Waals surface area (Å²) < 4.78 is 22.5. The van der Waals surface area contributed by atoms with Gasteiger partial charge in [0.15, 0.2) is 5.82 Å². The SMILES string of the molecule is Cc1cccc(CCOc2nc(N3CC4CCC(C4)C3)c3cnc(-c4cc(O)cc5ccccc45)c(F)c3n2)n1. The number of fused-ring (bicyclic) bond motifs is 4. The molecule has 7 rings (SSSR count). The number of pyridine rings is 2. The van der Waals surface area contributed by atoms with E-state index in [1.54, 1.807) is 18.3 Å². The second-order valence-electron chi connectivity index (χ2n) is 11.0. The van der Waals surface area contributed by atoms with Gasteiger partial charge in [0, 0.05) is 42.7 Å². The van der Waals surface area contributed by atoms with E-state index in [1.165, 1.54) is 19.3 Å². The van der Waals surface area contributed by atoms with Gasteiger partial charge in [-0.15, -0.1) is 0 Å². The predicted octanol–water partition coefficient (Wildman–Crippen LogP) is 6.25. The van der Waals surface area contributed by atoms with Crippen LogP contribution in [-0.2, 0) is 6.42 Å². The summed E-state index contributed by atoms with van der Waals surface area (Å²) >= 11 is 0. The van der Waals surface area contributed by atoms with Crippen LogP contribution in [0.3, 0.4) is 0 Å². The maximum absolute atomic E-state index is 16.4. The molecule has 0 amide bonds. The van der Waals surface area contributed by atoms with Gasteiger partial charge < -0.3 is 14.7 Å². The number of hydrogen-bond donors (Lipinski definition) is 1. The van der Waals surface area contributed by atoms with E-state index < -0.39 is 5.82 Å². The highest BCUT2D eigenvalue weighted by molar-refractivity contribution is 5.99. The van der Waals surface area contributed by atoms with Crippen molar-refractivity contribution >= 4 is 27.5 Å². The van der Waals surface area contributed by atoms with E-state index in [0.717, 1.165) is 35.2 Å². The molecule has 2 atom stereocenters. The van der Waals surface area contributed by atoms with Gasteiger partial charge in [0.05, 0.1) is 12.0 Å². The Bertz CT molecular complexity index is 1730. The number of nitrogens with zero attached hydrogens (tertiary/aromatic N) is 5. The molecule has 1 aliphatic heterocycles. The van der Waals surface area contributed by atoms with Crippen LogP contribution in [0, 0.1) is 24.6 Å². The minimum absolute atomic E-state index is 0.0518. The van der Waals surface area contributed by atoms with E-state index in [1.807, 2.05) is 49.4 Å². The summed E-state index contributed by atoms with van der Waals surface area (Å²) in [5.74, 6) is 1.41. The molecular weight excluding hydrogens is 505 g/mol. The number of phenols is 1. The van der Waals surface area contributed by atoms with E-state index in [9.17, 15) is 5.11 Å². The lowest BCUT2D eigenvalue weighted by molar-refractivity contribution is 0.295. The molecule has 3 aromatic heterocycles. The number of aromatic nitrogens is 4. The van der Waals surface area contributed by atoms with Gasteiger partial charge >= 0.3 is 6.01 Å². The third-order valence-corrected chi connectivity index (χ3v) is 8.19. The summed E-state index contributed by atoms with van der Waals surface area (Å²) in [4.78, 5) is 20.7. The first-order chi connectivity index (χ1) is 19.5. The number of aryl methyl sites for hydroxylation is 1. The summed E-state index contributed by atoms with van der Waals surface area (Å²) in [6.07, 6.45) is 5.94.